The van der Waals surface area contributed by atoms with Gasteiger partial charge in [0.1, 0.15) is 5.75 Å². The number of phenols is 1. The molecule has 5 heteroatoms. The molecule has 1 aromatic carbocycles. The SMILES string of the molecule is Cc1cc(NC(=O)CCN2CCOCC2)cc(C)c1O. The fourth-order valence-corrected chi connectivity index (χ4v) is 2.34. The zero-order chi connectivity index (χ0) is 14.5. The summed E-state index contributed by atoms with van der Waals surface area (Å²) in [7, 11) is 0. The molecule has 0 radical (unpaired) electrons. The van der Waals surface area contributed by atoms with E-state index in [0.29, 0.717) is 6.42 Å². The fraction of sp³-hybridized carbons (Fsp3) is 0.533. The molecule has 0 bridgehead atoms. The Balaban J connectivity index is 1.84. The summed E-state index contributed by atoms with van der Waals surface area (Å²) in [6.45, 7) is 7.69. The Hall–Kier alpha value is -1.59. The molecule has 110 valence electrons. The second kappa shape index (κ2) is 6.72. The van der Waals surface area contributed by atoms with E-state index >= 15 is 0 Å². The normalized spacial score (nSPS) is 16.1. The number of carbonyl (C=O) groups is 1. The maximum absolute atomic E-state index is 11.9. The number of aryl methyl sites for hydroxylation is 2. The Morgan fingerprint density at radius 2 is 1.90 bits per heavy atom. The minimum absolute atomic E-state index is 0.000909. The lowest BCUT2D eigenvalue weighted by Crippen LogP contribution is -2.38. The summed E-state index contributed by atoms with van der Waals surface area (Å²) in [6.07, 6.45) is 0.471. The van der Waals surface area contributed by atoms with Crippen molar-refractivity contribution in [1.29, 1.82) is 0 Å². The Bertz CT molecular complexity index is 459. The summed E-state index contributed by atoms with van der Waals surface area (Å²) in [5, 5.41) is 12.6. The van der Waals surface area contributed by atoms with Gasteiger partial charge in [0.25, 0.3) is 0 Å². The van der Waals surface area contributed by atoms with Crippen LogP contribution in [-0.2, 0) is 9.53 Å². The molecular weight excluding hydrogens is 256 g/mol. The number of phenolic OH excluding ortho intramolecular Hbond substituents is 1. The van der Waals surface area contributed by atoms with Crippen LogP contribution in [0.15, 0.2) is 12.1 Å². The van der Waals surface area contributed by atoms with Gasteiger partial charge in [0.05, 0.1) is 13.2 Å². The van der Waals surface area contributed by atoms with Gasteiger partial charge >= 0.3 is 0 Å². The predicted molar refractivity (Wildman–Crippen MR) is 78.1 cm³/mol. The highest BCUT2D eigenvalue weighted by molar-refractivity contribution is 5.91. The van der Waals surface area contributed by atoms with Crippen molar-refractivity contribution in [3.05, 3.63) is 23.3 Å². The van der Waals surface area contributed by atoms with Crippen LogP contribution in [0.1, 0.15) is 17.5 Å². The quantitative estimate of drug-likeness (QED) is 0.822. The van der Waals surface area contributed by atoms with E-state index in [2.05, 4.69) is 10.2 Å². The predicted octanol–water partition coefficient (Wildman–Crippen LogP) is 1.67. The first-order valence-corrected chi connectivity index (χ1v) is 6.96. The molecule has 1 aliphatic rings. The van der Waals surface area contributed by atoms with Gasteiger partial charge < -0.3 is 15.2 Å². The van der Waals surface area contributed by atoms with Gasteiger partial charge in [-0.15, -0.1) is 0 Å². The summed E-state index contributed by atoms with van der Waals surface area (Å²) in [5.41, 5.74) is 2.28. The first kappa shape index (κ1) is 14.8. The number of hydrogen-bond acceptors (Lipinski definition) is 4. The molecule has 1 aliphatic heterocycles. The smallest absolute Gasteiger partial charge is 0.225 e. The summed E-state index contributed by atoms with van der Waals surface area (Å²) in [4.78, 5) is 14.2. The van der Waals surface area contributed by atoms with Gasteiger partial charge in [-0.2, -0.15) is 0 Å². The van der Waals surface area contributed by atoms with Gasteiger partial charge in [0, 0.05) is 31.7 Å². The van der Waals surface area contributed by atoms with Crippen LogP contribution in [0.3, 0.4) is 0 Å². The molecule has 0 spiro atoms. The van der Waals surface area contributed by atoms with E-state index in [1.807, 2.05) is 13.8 Å². The molecule has 0 aromatic heterocycles. The highest BCUT2D eigenvalue weighted by atomic mass is 16.5. The van der Waals surface area contributed by atoms with Crippen molar-refractivity contribution >= 4 is 11.6 Å². The van der Waals surface area contributed by atoms with Crippen LogP contribution < -0.4 is 5.32 Å². The van der Waals surface area contributed by atoms with E-state index in [1.165, 1.54) is 0 Å². The molecule has 1 fully saturated rings. The molecule has 2 rings (SSSR count). The first-order valence-electron chi connectivity index (χ1n) is 6.96. The minimum Gasteiger partial charge on any atom is -0.507 e. The van der Waals surface area contributed by atoms with Gasteiger partial charge in [0.2, 0.25) is 5.91 Å². The Kier molecular flexibility index (Phi) is 4.98. The molecular formula is C15H22N2O3. The molecule has 1 saturated heterocycles. The molecule has 0 aliphatic carbocycles. The molecule has 20 heavy (non-hydrogen) atoms. The van der Waals surface area contributed by atoms with Crippen molar-refractivity contribution in [2.24, 2.45) is 0 Å². The van der Waals surface area contributed by atoms with E-state index < -0.39 is 0 Å². The fourth-order valence-electron chi connectivity index (χ4n) is 2.34. The molecule has 0 saturated carbocycles. The van der Waals surface area contributed by atoms with E-state index in [-0.39, 0.29) is 11.7 Å². The number of carbonyl (C=O) groups excluding carboxylic acids is 1. The summed E-state index contributed by atoms with van der Waals surface area (Å²) >= 11 is 0. The number of ether oxygens (including phenoxy) is 1. The third kappa shape index (κ3) is 3.95. The summed E-state index contributed by atoms with van der Waals surface area (Å²) in [5.74, 6) is 0.289. The van der Waals surface area contributed by atoms with Gasteiger partial charge in [-0.25, -0.2) is 0 Å². The van der Waals surface area contributed by atoms with Gasteiger partial charge in [-0.05, 0) is 37.1 Å². The van der Waals surface area contributed by atoms with Gasteiger partial charge in [-0.3, -0.25) is 9.69 Å². The van der Waals surface area contributed by atoms with Crippen LogP contribution in [0.4, 0.5) is 5.69 Å². The Labute approximate surface area is 119 Å². The molecule has 0 unspecified atom stereocenters. The topological polar surface area (TPSA) is 61.8 Å². The average Bonchev–Trinajstić information content (AvgIpc) is 2.43. The van der Waals surface area contributed by atoms with Crippen molar-refractivity contribution in [1.82, 2.24) is 4.90 Å². The average molecular weight is 278 g/mol. The molecule has 1 heterocycles. The first-order chi connectivity index (χ1) is 9.56. The largest absolute Gasteiger partial charge is 0.507 e. The highest BCUT2D eigenvalue weighted by Gasteiger charge is 2.12. The second-order valence-corrected chi connectivity index (χ2v) is 5.21. The molecule has 5 nitrogen and oxygen atoms in total. The number of anilines is 1. The van der Waals surface area contributed by atoms with Crippen molar-refractivity contribution in [2.75, 3.05) is 38.2 Å². The monoisotopic (exact) mass is 278 g/mol. The molecule has 2 N–H and O–H groups in total. The zero-order valence-corrected chi connectivity index (χ0v) is 12.1. The number of amides is 1. The lowest BCUT2D eigenvalue weighted by atomic mass is 10.1. The Morgan fingerprint density at radius 3 is 2.50 bits per heavy atom. The van der Waals surface area contributed by atoms with Crippen LogP contribution in [0.5, 0.6) is 5.75 Å². The number of rotatable bonds is 4. The van der Waals surface area contributed by atoms with Crippen molar-refractivity contribution in [2.45, 2.75) is 20.3 Å². The van der Waals surface area contributed by atoms with E-state index in [1.54, 1.807) is 12.1 Å². The number of nitrogens with one attached hydrogen (secondary N) is 1. The third-order valence-electron chi connectivity index (χ3n) is 3.53. The van der Waals surface area contributed by atoms with E-state index in [0.717, 1.165) is 49.7 Å². The van der Waals surface area contributed by atoms with Gasteiger partial charge in [-0.1, -0.05) is 0 Å². The van der Waals surface area contributed by atoms with Crippen LogP contribution >= 0.6 is 0 Å². The maximum atomic E-state index is 11.9. The lowest BCUT2D eigenvalue weighted by Gasteiger charge is -2.26. The highest BCUT2D eigenvalue weighted by Crippen LogP contribution is 2.25. The van der Waals surface area contributed by atoms with Crippen molar-refractivity contribution in [3.8, 4) is 5.75 Å². The Morgan fingerprint density at radius 1 is 1.30 bits per heavy atom. The summed E-state index contributed by atoms with van der Waals surface area (Å²) in [6, 6.07) is 3.57. The van der Waals surface area contributed by atoms with Crippen LogP contribution in [0.25, 0.3) is 0 Å². The second-order valence-electron chi connectivity index (χ2n) is 5.21. The lowest BCUT2D eigenvalue weighted by molar-refractivity contribution is -0.116. The number of nitrogens with zero attached hydrogens (tertiary/aromatic N) is 1. The number of morpholine rings is 1. The maximum Gasteiger partial charge on any atom is 0.225 e. The number of hydrogen-bond donors (Lipinski definition) is 2. The standard InChI is InChI=1S/C15H22N2O3/c1-11-9-13(10-12(2)15(11)19)16-14(18)3-4-17-5-7-20-8-6-17/h9-10,19H,3-8H2,1-2H3,(H,16,18). The van der Waals surface area contributed by atoms with E-state index in [4.69, 9.17) is 4.74 Å². The van der Waals surface area contributed by atoms with Crippen LogP contribution in [-0.4, -0.2) is 48.8 Å². The number of benzene rings is 1. The van der Waals surface area contributed by atoms with Crippen molar-refractivity contribution < 1.29 is 14.6 Å². The summed E-state index contributed by atoms with van der Waals surface area (Å²) < 4.78 is 5.27. The van der Waals surface area contributed by atoms with Gasteiger partial charge in [0.15, 0.2) is 0 Å². The van der Waals surface area contributed by atoms with E-state index in [9.17, 15) is 9.90 Å². The molecule has 1 aromatic rings. The van der Waals surface area contributed by atoms with Crippen LogP contribution in [0, 0.1) is 13.8 Å². The minimum atomic E-state index is 0.000909. The third-order valence-corrected chi connectivity index (χ3v) is 3.53. The molecule has 0 atom stereocenters. The number of aromatic hydroxyl groups is 1. The molecule has 1 amide bonds. The van der Waals surface area contributed by atoms with Crippen molar-refractivity contribution in [3.63, 3.8) is 0 Å². The van der Waals surface area contributed by atoms with Crippen LogP contribution in [0.2, 0.25) is 0 Å². The zero-order valence-electron chi connectivity index (χ0n) is 12.1.